The Morgan fingerprint density at radius 2 is 1.85 bits per heavy atom. The Balaban J connectivity index is 1.72. The lowest BCUT2D eigenvalue weighted by Crippen LogP contribution is -2.41. The van der Waals surface area contributed by atoms with E-state index in [4.69, 9.17) is 4.74 Å². The summed E-state index contributed by atoms with van der Waals surface area (Å²) in [4.78, 5) is 28.4. The highest BCUT2D eigenvalue weighted by molar-refractivity contribution is 7.20. The first-order valence-electron chi connectivity index (χ1n) is 9.02. The summed E-state index contributed by atoms with van der Waals surface area (Å²) >= 11 is 1.49. The van der Waals surface area contributed by atoms with Gasteiger partial charge in [-0.25, -0.2) is 0 Å². The van der Waals surface area contributed by atoms with Crippen LogP contribution in [0.25, 0.3) is 10.4 Å². The zero-order valence-electron chi connectivity index (χ0n) is 14.8. The Morgan fingerprint density at radius 3 is 2.50 bits per heavy atom. The van der Waals surface area contributed by atoms with Crippen molar-refractivity contribution in [2.45, 2.75) is 19.8 Å². The summed E-state index contributed by atoms with van der Waals surface area (Å²) in [6.45, 7) is 4.27. The number of benzene rings is 1. The van der Waals surface area contributed by atoms with Crippen LogP contribution in [0.5, 0.6) is 0 Å². The number of amides is 2. The largest absolute Gasteiger partial charge is 0.378 e. The number of hydrogen-bond acceptors (Lipinski definition) is 4. The van der Waals surface area contributed by atoms with Crippen LogP contribution in [-0.4, -0.2) is 43.0 Å². The number of rotatable bonds is 4. The van der Waals surface area contributed by atoms with Crippen LogP contribution in [0.1, 0.15) is 28.8 Å². The molecule has 0 radical (unpaired) electrons. The van der Waals surface area contributed by atoms with E-state index in [9.17, 15) is 9.59 Å². The van der Waals surface area contributed by atoms with Crippen LogP contribution >= 0.6 is 11.3 Å². The molecule has 6 heteroatoms. The smallest absolute Gasteiger partial charge is 0.257 e. The number of anilines is 1. The summed E-state index contributed by atoms with van der Waals surface area (Å²) in [5.74, 6) is 0.112. The molecular formula is C20H22N2O3S. The van der Waals surface area contributed by atoms with Gasteiger partial charge in [0.15, 0.2) is 0 Å². The Bertz CT molecular complexity index is 821. The normalized spacial score (nSPS) is 17.2. The van der Waals surface area contributed by atoms with Gasteiger partial charge in [-0.1, -0.05) is 30.3 Å². The maximum atomic E-state index is 13.2. The minimum Gasteiger partial charge on any atom is -0.378 e. The first-order chi connectivity index (χ1) is 12.6. The standard InChI is InChI=1S/C20H22N2O3S/c1-13-16(20(24)22-9-11-25-12-10-22)19(21-18(23)15-7-8-15)26-17(13)14-5-3-2-4-6-14/h2-6,15H,7-12H2,1H3,(H,21,23). The number of morpholine rings is 1. The zero-order valence-corrected chi connectivity index (χ0v) is 15.6. The summed E-state index contributed by atoms with van der Waals surface area (Å²) in [5.41, 5.74) is 2.63. The molecule has 2 fully saturated rings. The Labute approximate surface area is 157 Å². The van der Waals surface area contributed by atoms with E-state index in [-0.39, 0.29) is 17.7 Å². The van der Waals surface area contributed by atoms with Crippen LogP contribution in [-0.2, 0) is 9.53 Å². The third-order valence-electron chi connectivity index (χ3n) is 4.88. The molecular weight excluding hydrogens is 348 g/mol. The fourth-order valence-electron chi connectivity index (χ4n) is 3.21. The second-order valence-corrected chi connectivity index (χ2v) is 7.82. The van der Waals surface area contributed by atoms with Gasteiger partial charge in [0.25, 0.3) is 5.91 Å². The van der Waals surface area contributed by atoms with Gasteiger partial charge in [-0.05, 0) is 30.9 Å². The van der Waals surface area contributed by atoms with Gasteiger partial charge in [0, 0.05) is 23.9 Å². The highest BCUT2D eigenvalue weighted by Gasteiger charge is 2.33. The molecule has 1 N–H and O–H groups in total. The number of nitrogens with zero attached hydrogens (tertiary/aromatic N) is 1. The van der Waals surface area contributed by atoms with Crippen molar-refractivity contribution in [1.82, 2.24) is 4.90 Å². The van der Waals surface area contributed by atoms with Gasteiger partial charge >= 0.3 is 0 Å². The minimum atomic E-state index is -0.0182. The van der Waals surface area contributed by atoms with E-state index in [1.165, 1.54) is 11.3 Å². The van der Waals surface area contributed by atoms with Crippen molar-refractivity contribution < 1.29 is 14.3 Å². The quantitative estimate of drug-likeness (QED) is 0.895. The maximum Gasteiger partial charge on any atom is 0.257 e. The molecule has 1 saturated carbocycles. The van der Waals surface area contributed by atoms with Crippen molar-refractivity contribution in [3.63, 3.8) is 0 Å². The topological polar surface area (TPSA) is 58.6 Å². The molecule has 2 aliphatic rings. The predicted octanol–water partition coefficient (Wildman–Crippen LogP) is 3.54. The Morgan fingerprint density at radius 1 is 1.15 bits per heavy atom. The van der Waals surface area contributed by atoms with Crippen molar-refractivity contribution in [3.8, 4) is 10.4 Å². The molecule has 1 aromatic carbocycles. The Hall–Kier alpha value is -2.18. The molecule has 136 valence electrons. The van der Waals surface area contributed by atoms with Crippen molar-refractivity contribution in [2.24, 2.45) is 5.92 Å². The van der Waals surface area contributed by atoms with E-state index in [0.717, 1.165) is 28.8 Å². The molecule has 0 bridgehead atoms. The van der Waals surface area contributed by atoms with Crippen LogP contribution in [0.4, 0.5) is 5.00 Å². The third-order valence-corrected chi connectivity index (χ3v) is 6.14. The van der Waals surface area contributed by atoms with E-state index >= 15 is 0 Å². The van der Waals surface area contributed by atoms with Gasteiger partial charge < -0.3 is 15.0 Å². The predicted molar refractivity (Wildman–Crippen MR) is 103 cm³/mol. The van der Waals surface area contributed by atoms with Crippen LogP contribution < -0.4 is 5.32 Å². The maximum absolute atomic E-state index is 13.2. The fourth-order valence-corrected chi connectivity index (χ4v) is 4.42. The number of thiophene rings is 1. The number of ether oxygens (including phenoxy) is 1. The third kappa shape index (κ3) is 3.39. The molecule has 1 aliphatic heterocycles. The first-order valence-corrected chi connectivity index (χ1v) is 9.83. The molecule has 0 spiro atoms. The summed E-state index contributed by atoms with van der Waals surface area (Å²) in [5, 5.41) is 3.70. The highest BCUT2D eigenvalue weighted by atomic mass is 32.1. The van der Waals surface area contributed by atoms with Crippen molar-refractivity contribution in [3.05, 3.63) is 41.5 Å². The molecule has 1 aliphatic carbocycles. The van der Waals surface area contributed by atoms with Crippen LogP contribution in [0.3, 0.4) is 0 Å². The van der Waals surface area contributed by atoms with Gasteiger partial charge in [-0.15, -0.1) is 11.3 Å². The minimum absolute atomic E-state index is 0.0182. The molecule has 26 heavy (non-hydrogen) atoms. The number of nitrogens with one attached hydrogen (secondary N) is 1. The van der Waals surface area contributed by atoms with Gasteiger partial charge in [-0.2, -0.15) is 0 Å². The molecule has 1 aromatic heterocycles. The lowest BCUT2D eigenvalue weighted by atomic mass is 10.1. The van der Waals surface area contributed by atoms with Crippen LogP contribution in [0, 0.1) is 12.8 Å². The number of carbonyl (C=O) groups excluding carboxylic acids is 2. The van der Waals surface area contributed by atoms with Crippen molar-refractivity contribution >= 4 is 28.2 Å². The van der Waals surface area contributed by atoms with Crippen molar-refractivity contribution in [1.29, 1.82) is 0 Å². The summed E-state index contributed by atoms with van der Waals surface area (Å²) in [7, 11) is 0. The summed E-state index contributed by atoms with van der Waals surface area (Å²) < 4.78 is 5.36. The SMILES string of the molecule is Cc1c(-c2ccccc2)sc(NC(=O)C2CC2)c1C(=O)N1CCOCC1. The Kier molecular flexibility index (Phi) is 4.78. The monoisotopic (exact) mass is 370 g/mol. The van der Waals surface area contributed by atoms with E-state index < -0.39 is 0 Å². The molecule has 2 aromatic rings. The lowest BCUT2D eigenvalue weighted by molar-refractivity contribution is -0.117. The first kappa shape index (κ1) is 17.2. The van der Waals surface area contributed by atoms with E-state index in [0.29, 0.717) is 36.9 Å². The van der Waals surface area contributed by atoms with E-state index in [1.54, 1.807) is 0 Å². The molecule has 0 atom stereocenters. The number of hydrogen-bond donors (Lipinski definition) is 1. The molecule has 2 heterocycles. The van der Waals surface area contributed by atoms with Crippen LogP contribution in [0.2, 0.25) is 0 Å². The van der Waals surface area contributed by atoms with Gasteiger partial charge in [0.1, 0.15) is 5.00 Å². The van der Waals surface area contributed by atoms with Crippen molar-refractivity contribution in [2.75, 3.05) is 31.6 Å². The molecule has 4 rings (SSSR count). The summed E-state index contributed by atoms with van der Waals surface area (Å²) in [6, 6.07) is 10.0. The van der Waals surface area contributed by atoms with Gasteiger partial charge in [0.2, 0.25) is 5.91 Å². The van der Waals surface area contributed by atoms with E-state index in [2.05, 4.69) is 5.32 Å². The molecule has 0 unspecified atom stereocenters. The fraction of sp³-hybridized carbons (Fsp3) is 0.400. The average molecular weight is 370 g/mol. The second-order valence-electron chi connectivity index (χ2n) is 6.79. The molecule has 5 nitrogen and oxygen atoms in total. The summed E-state index contributed by atoms with van der Waals surface area (Å²) in [6.07, 6.45) is 1.88. The second kappa shape index (κ2) is 7.21. The molecule has 1 saturated heterocycles. The highest BCUT2D eigenvalue weighted by Crippen LogP contribution is 2.41. The van der Waals surface area contributed by atoms with Crippen LogP contribution in [0.15, 0.2) is 30.3 Å². The lowest BCUT2D eigenvalue weighted by Gasteiger charge is -2.27. The zero-order chi connectivity index (χ0) is 18.1. The van der Waals surface area contributed by atoms with Gasteiger partial charge in [0.05, 0.1) is 18.8 Å². The molecule has 2 amide bonds. The van der Waals surface area contributed by atoms with Gasteiger partial charge in [-0.3, -0.25) is 9.59 Å². The number of carbonyl (C=O) groups is 2. The average Bonchev–Trinajstić information content (AvgIpc) is 3.48. The van der Waals surface area contributed by atoms with E-state index in [1.807, 2.05) is 42.2 Å².